The summed E-state index contributed by atoms with van der Waals surface area (Å²) in [5.74, 6) is 0.624. The van der Waals surface area contributed by atoms with Crippen LogP contribution in [0, 0.1) is 10.8 Å². The zero-order chi connectivity index (χ0) is 21.5. The number of rotatable bonds is 7. The average Bonchev–Trinajstić information content (AvgIpc) is 2.78. The van der Waals surface area contributed by atoms with Gasteiger partial charge < -0.3 is 15.2 Å². The lowest BCUT2D eigenvalue weighted by molar-refractivity contribution is 0.0956. The van der Waals surface area contributed by atoms with Gasteiger partial charge in [0.2, 0.25) is 0 Å². The summed E-state index contributed by atoms with van der Waals surface area (Å²) in [6, 6.07) is 10.3. The van der Waals surface area contributed by atoms with E-state index in [9.17, 15) is 4.79 Å². The second-order valence-corrected chi connectivity index (χ2v) is 6.23. The van der Waals surface area contributed by atoms with Crippen molar-refractivity contribution < 1.29 is 14.6 Å². The highest BCUT2D eigenvalue weighted by atomic mass is 16.5. The van der Waals surface area contributed by atoms with Crippen LogP contribution in [0.5, 0.6) is 5.75 Å². The van der Waals surface area contributed by atoms with Crippen molar-refractivity contribution in [3.63, 3.8) is 0 Å². The van der Waals surface area contributed by atoms with Crippen LogP contribution in [0.1, 0.15) is 16.1 Å². The van der Waals surface area contributed by atoms with Gasteiger partial charge in [0.25, 0.3) is 5.91 Å². The predicted octanol–water partition coefficient (Wildman–Crippen LogP) is 0.618. The molecular weight excluding hydrogens is 386 g/mol. The zero-order valence-corrected chi connectivity index (χ0v) is 16.3. The molecular formula is C20H21N7O3. The van der Waals surface area contributed by atoms with E-state index in [1.54, 1.807) is 0 Å². The van der Waals surface area contributed by atoms with Crippen molar-refractivity contribution in [2.75, 3.05) is 20.3 Å². The number of carbonyl (C=O) groups is 1. The highest BCUT2D eigenvalue weighted by Gasteiger charge is 2.11. The maximum absolute atomic E-state index is 11.8. The molecule has 4 N–H and O–H groups in total. The molecule has 30 heavy (non-hydrogen) atoms. The van der Waals surface area contributed by atoms with Gasteiger partial charge in [0.15, 0.2) is 11.6 Å². The van der Waals surface area contributed by atoms with Gasteiger partial charge in [-0.2, -0.15) is 5.10 Å². The Labute approximate surface area is 172 Å². The summed E-state index contributed by atoms with van der Waals surface area (Å²) in [6.07, 6.45) is 3.26. The minimum atomic E-state index is -0.387. The molecule has 0 saturated carbocycles. The lowest BCUT2D eigenvalue weighted by Crippen LogP contribution is -2.33. The molecule has 0 aliphatic heterocycles. The van der Waals surface area contributed by atoms with E-state index in [1.807, 2.05) is 24.3 Å². The second kappa shape index (κ2) is 9.52. The number of ether oxygens (including phenoxy) is 1. The van der Waals surface area contributed by atoms with E-state index in [0.717, 1.165) is 15.8 Å². The van der Waals surface area contributed by atoms with Crippen LogP contribution >= 0.6 is 0 Å². The van der Waals surface area contributed by atoms with E-state index in [1.165, 1.54) is 31.6 Å². The van der Waals surface area contributed by atoms with Crippen LogP contribution in [0.3, 0.4) is 0 Å². The van der Waals surface area contributed by atoms with Gasteiger partial charge in [0, 0.05) is 19.0 Å². The Balaban J connectivity index is 1.79. The van der Waals surface area contributed by atoms with Gasteiger partial charge in [-0.1, -0.05) is 18.2 Å². The molecule has 1 aromatic carbocycles. The maximum atomic E-state index is 11.8. The highest BCUT2D eigenvalue weighted by molar-refractivity contribution is 5.92. The van der Waals surface area contributed by atoms with Crippen LogP contribution < -0.4 is 15.5 Å². The molecule has 0 atom stereocenters. The van der Waals surface area contributed by atoms with E-state index in [2.05, 4.69) is 20.4 Å². The molecule has 0 unspecified atom stereocenters. The van der Waals surface area contributed by atoms with Crippen LogP contribution in [-0.4, -0.2) is 56.9 Å². The molecule has 0 bridgehead atoms. The van der Waals surface area contributed by atoms with Crippen molar-refractivity contribution in [1.29, 1.82) is 10.8 Å². The van der Waals surface area contributed by atoms with Gasteiger partial charge in [0.1, 0.15) is 23.6 Å². The first-order valence-corrected chi connectivity index (χ1v) is 9.11. The second-order valence-electron chi connectivity index (χ2n) is 6.23. The molecule has 3 rings (SSSR count). The minimum Gasteiger partial charge on any atom is -0.488 e. The Kier molecular flexibility index (Phi) is 6.60. The molecule has 0 aliphatic carbocycles. The van der Waals surface area contributed by atoms with Gasteiger partial charge in [-0.15, -0.1) is 0 Å². The van der Waals surface area contributed by atoms with E-state index in [4.69, 9.17) is 20.7 Å². The predicted molar refractivity (Wildman–Crippen MR) is 108 cm³/mol. The van der Waals surface area contributed by atoms with Gasteiger partial charge in [-0.05, 0) is 23.8 Å². The molecule has 154 valence electrons. The Morgan fingerprint density at radius 2 is 2.00 bits per heavy atom. The monoisotopic (exact) mass is 407 g/mol. The topological polar surface area (TPSA) is 150 Å². The summed E-state index contributed by atoms with van der Waals surface area (Å²) >= 11 is 0. The number of amides is 1. The number of hydrogen-bond donors (Lipinski definition) is 4. The van der Waals surface area contributed by atoms with Crippen molar-refractivity contribution >= 4 is 11.7 Å². The summed E-state index contributed by atoms with van der Waals surface area (Å²) in [5.41, 5.74) is 1.70. The average molecular weight is 407 g/mol. The highest BCUT2D eigenvalue weighted by Crippen LogP contribution is 2.18. The maximum Gasteiger partial charge on any atom is 0.271 e. The summed E-state index contributed by atoms with van der Waals surface area (Å²) in [6.45, 7) is 0.0831. The molecule has 10 nitrogen and oxygen atoms in total. The SMILES string of the molecule is CNC(=O)c1ccc(=N)n(C(=N)Cc2cccc(-c3ncc(OCCO)cn3)c2)n1. The van der Waals surface area contributed by atoms with E-state index < -0.39 is 0 Å². The number of benzene rings is 1. The van der Waals surface area contributed by atoms with E-state index in [-0.39, 0.29) is 42.6 Å². The fourth-order valence-corrected chi connectivity index (χ4v) is 2.67. The van der Waals surface area contributed by atoms with Gasteiger partial charge >= 0.3 is 0 Å². The number of aliphatic hydroxyl groups excluding tert-OH is 1. The first-order valence-electron chi connectivity index (χ1n) is 9.11. The quantitative estimate of drug-likeness (QED) is 0.333. The molecule has 1 amide bonds. The van der Waals surface area contributed by atoms with Gasteiger partial charge in [0.05, 0.1) is 19.0 Å². The molecule has 2 heterocycles. The van der Waals surface area contributed by atoms with Crippen LogP contribution in [0.2, 0.25) is 0 Å². The number of hydrogen-bond acceptors (Lipinski definition) is 8. The number of nitrogens with zero attached hydrogens (tertiary/aromatic N) is 4. The molecule has 2 aromatic heterocycles. The van der Waals surface area contributed by atoms with Crippen LogP contribution in [0.4, 0.5) is 0 Å². The van der Waals surface area contributed by atoms with Crippen molar-refractivity contribution in [2.24, 2.45) is 0 Å². The molecule has 0 fully saturated rings. The zero-order valence-electron chi connectivity index (χ0n) is 16.3. The Hall–Kier alpha value is -3.92. The Morgan fingerprint density at radius 1 is 1.23 bits per heavy atom. The van der Waals surface area contributed by atoms with Crippen molar-refractivity contribution in [3.8, 4) is 17.1 Å². The van der Waals surface area contributed by atoms with Crippen molar-refractivity contribution in [1.82, 2.24) is 25.1 Å². The molecule has 0 radical (unpaired) electrons. The standard InChI is InChI=1S/C20H21N7O3/c1-23-20(29)16-5-6-17(21)27(26-16)18(22)10-13-3-2-4-14(9-13)19-24-11-15(12-25-19)30-8-7-28/h2-6,9,11-12,21-22,28H,7-8,10H2,1H3,(H,23,29). The van der Waals surface area contributed by atoms with E-state index >= 15 is 0 Å². The third kappa shape index (κ3) is 4.92. The summed E-state index contributed by atoms with van der Waals surface area (Å²) in [5, 5.41) is 31.7. The van der Waals surface area contributed by atoms with Crippen molar-refractivity contribution in [3.05, 3.63) is 65.5 Å². The molecule has 3 aromatic rings. The first-order chi connectivity index (χ1) is 14.5. The smallest absolute Gasteiger partial charge is 0.271 e. The van der Waals surface area contributed by atoms with Crippen LogP contribution in [0.15, 0.2) is 48.8 Å². The van der Waals surface area contributed by atoms with Crippen molar-refractivity contribution in [2.45, 2.75) is 6.42 Å². The molecule has 0 aliphatic rings. The van der Waals surface area contributed by atoms with Crippen LogP contribution in [0.25, 0.3) is 11.4 Å². The van der Waals surface area contributed by atoms with E-state index in [0.29, 0.717) is 11.6 Å². The largest absolute Gasteiger partial charge is 0.488 e. The fourth-order valence-electron chi connectivity index (χ4n) is 2.67. The van der Waals surface area contributed by atoms with Crippen LogP contribution in [-0.2, 0) is 6.42 Å². The van der Waals surface area contributed by atoms with Gasteiger partial charge in [-0.25, -0.2) is 14.6 Å². The Bertz CT molecular complexity index is 1110. The molecule has 0 saturated heterocycles. The number of aliphatic hydroxyl groups is 1. The number of aromatic nitrogens is 4. The number of carbonyl (C=O) groups excluding carboxylic acids is 1. The summed E-state index contributed by atoms with van der Waals surface area (Å²) < 4.78 is 6.38. The molecule has 10 heteroatoms. The Morgan fingerprint density at radius 3 is 2.70 bits per heavy atom. The molecule has 0 spiro atoms. The summed E-state index contributed by atoms with van der Waals surface area (Å²) in [7, 11) is 1.49. The third-order valence-electron chi connectivity index (χ3n) is 4.10. The van der Waals surface area contributed by atoms with Gasteiger partial charge in [-0.3, -0.25) is 15.6 Å². The third-order valence-corrected chi connectivity index (χ3v) is 4.10. The first kappa shape index (κ1) is 20.8. The summed E-state index contributed by atoms with van der Waals surface area (Å²) in [4.78, 5) is 20.3. The minimum absolute atomic E-state index is 0.00519. The lowest BCUT2D eigenvalue weighted by Gasteiger charge is -2.10. The lowest BCUT2D eigenvalue weighted by atomic mass is 10.1. The fraction of sp³-hybridized carbons (Fsp3) is 0.200. The number of nitrogens with one attached hydrogen (secondary N) is 3. The normalized spacial score (nSPS) is 10.5.